The molecule has 0 bridgehead atoms. The predicted octanol–water partition coefficient (Wildman–Crippen LogP) is 2.91. The van der Waals surface area contributed by atoms with Crippen molar-refractivity contribution in [3.05, 3.63) is 39.9 Å². The Morgan fingerprint density at radius 3 is 2.87 bits per heavy atom. The van der Waals surface area contributed by atoms with Gasteiger partial charge in [-0.25, -0.2) is 0 Å². The first kappa shape index (κ1) is 12.0. The van der Waals surface area contributed by atoms with Gasteiger partial charge in [0.05, 0.1) is 0 Å². The molecule has 0 atom stereocenters. The number of nitrogens with one attached hydrogen (secondary N) is 1. The second-order valence-corrected chi connectivity index (χ2v) is 4.20. The number of aryl methyl sites for hydroxylation is 1. The zero-order chi connectivity index (χ0) is 11.3. The maximum atomic E-state index is 10.6. The molecular weight excluding hydrogens is 254 g/mol. The van der Waals surface area contributed by atoms with Crippen LogP contribution in [0.5, 0.6) is 0 Å². The van der Waals surface area contributed by atoms with Crippen LogP contribution in [0, 0.1) is 6.92 Å². The van der Waals surface area contributed by atoms with Crippen LogP contribution in [0.1, 0.15) is 18.1 Å². The third-order valence-corrected chi connectivity index (χ3v) is 2.85. The third-order valence-electron chi connectivity index (χ3n) is 1.96. The van der Waals surface area contributed by atoms with E-state index in [-0.39, 0.29) is 5.91 Å². The highest BCUT2D eigenvalue weighted by Gasteiger charge is 1.93. The molecule has 1 rings (SSSR count). The Kier molecular flexibility index (Phi) is 4.56. The second-order valence-electron chi connectivity index (χ2n) is 3.35. The number of amides is 1. The summed E-state index contributed by atoms with van der Waals surface area (Å²) in [6, 6.07) is 6.14. The number of carbonyl (C=O) groups is 1. The van der Waals surface area contributed by atoms with Gasteiger partial charge in [0.1, 0.15) is 0 Å². The summed E-state index contributed by atoms with van der Waals surface area (Å²) in [7, 11) is 0. The van der Waals surface area contributed by atoms with Crippen molar-refractivity contribution in [1.29, 1.82) is 0 Å². The lowest BCUT2D eigenvalue weighted by molar-refractivity contribution is -0.118. The fourth-order valence-electron chi connectivity index (χ4n) is 1.17. The average Bonchev–Trinajstić information content (AvgIpc) is 2.18. The van der Waals surface area contributed by atoms with Crippen molar-refractivity contribution in [3.8, 4) is 0 Å². The lowest BCUT2D eigenvalue weighted by Gasteiger charge is -1.99. The molecule has 0 aliphatic carbocycles. The summed E-state index contributed by atoms with van der Waals surface area (Å²) >= 11 is 3.45. The summed E-state index contributed by atoms with van der Waals surface area (Å²) in [5, 5.41) is 2.71. The van der Waals surface area contributed by atoms with E-state index < -0.39 is 0 Å². The van der Waals surface area contributed by atoms with E-state index in [1.54, 1.807) is 0 Å². The largest absolute Gasteiger partial charge is 0.353 e. The second kappa shape index (κ2) is 5.71. The number of hydrogen-bond acceptors (Lipinski definition) is 1. The molecule has 0 heterocycles. The van der Waals surface area contributed by atoms with E-state index in [1.807, 2.05) is 24.3 Å². The maximum Gasteiger partial charge on any atom is 0.217 e. The van der Waals surface area contributed by atoms with Crippen LogP contribution in [-0.2, 0) is 4.79 Å². The van der Waals surface area contributed by atoms with E-state index in [4.69, 9.17) is 0 Å². The molecule has 0 aromatic heterocycles. The summed E-state index contributed by atoms with van der Waals surface area (Å²) in [6.07, 6.45) is 3.93. The van der Waals surface area contributed by atoms with E-state index in [2.05, 4.69) is 34.2 Å². The number of carbonyl (C=O) groups excluding carboxylic acids is 1. The molecule has 0 saturated heterocycles. The summed E-state index contributed by atoms with van der Waals surface area (Å²) in [5.74, 6) is -0.00774. The topological polar surface area (TPSA) is 29.1 Å². The fraction of sp³-hybridized carbons (Fsp3) is 0.250. The molecule has 80 valence electrons. The minimum Gasteiger partial charge on any atom is -0.353 e. The van der Waals surface area contributed by atoms with E-state index in [0.29, 0.717) is 6.54 Å². The predicted molar refractivity (Wildman–Crippen MR) is 66.6 cm³/mol. The van der Waals surface area contributed by atoms with E-state index in [0.717, 1.165) is 10.0 Å². The summed E-state index contributed by atoms with van der Waals surface area (Å²) in [4.78, 5) is 10.6. The highest BCUT2D eigenvalue weighted by atomic mass is 79.9. The van der Waals surface area contributed by atoms with Gasteiger partial charge < -0.3 is 5.32 Å². The molecule has 1 amide bonds. The monoisotopic (exact) mass is 267 g/mol. The van der Waals surface area contributed by atoms with E-state index >= 15 is 0 Å². The summed E-state index contributed by atoms with van der Waals surface area (Å²) < 4.78 is 1.11. The number of benzene rings is 1. The Labute approximate surface area is 98.5 Å². The smallest absolute Gasteiger partial charge is 0.217 e. The van der Waals surface area contributed by atoms with Crippen LogP contribution >= 0.6 is 15.9 Å². The molecule has 0 aliphatic rings. The molecule has 1 aromatic carbocycles. The first-order chi connectivity index (χ1) is 7.09. The minimum atomic E-state index is -0.00774. The van der Waals surface area contributed by atoms with Gasteiger partial charge in [-0.05, 0) is 24.1 Å². The Balaban J connectivity index is 2.57. The number of hydrogen-bond donors (Lipinski definition) is 1. The molecule has 2 nitrogen and oxygen atoms in total. The van der Waals surface area contributed by atoms with Crippen LogP contribution in [0.4, 0.5) is 0 Å². The van der Waals surface area contributed by atoms with Crippen molar-refractivity contribution in [3.63, 3.8) is 0 Å². The Morgan fingerprint density at radius 2 is 2.27 bits per heavy atom. The van der Waals surface area contributed by atoms with Gasteiger partial charge >= 0.3 is 0 Å². The van der Waals surface area contributed by atoms with Gasteiger partial charge in [0.25, 0.3) is 0 Å². The zero-order valence-corrected chi connectivity index (χ0v) is 10.5. The van der Waals surface area contributed by atoms with Gasteiger partial charge in [0.2, 0.25) is 5.91 Å². The first-order valence-corrected chi connectivity index (χ1v) is 5.56. The van der Waals surface area contributed by atoms with Crippen molar-refractivity contribution >= 4 is 27.9 Å². The summed E-state index contributed by atoms with van der Waals surface area (Å²) in [6.45, 7) is 4.14. The highest BCUT2D eigenvalue weighted by Crippen LogP contribution is 2.17. The quantitative estimate of drug-likeness (QED) is 0.897. The number of halogens is 1. The van der Waals surface area contributed by atoms with Crippen LogP contribution in [0.25, 0.3) is 6.08 Å². The van der Waals surface area contributed by atoms with E-state index in [9.17, 15) is 4.79 Å². The van der Waals surface area contributed by atoms with Crippen LogP contribution in [0.2, 0.25) is 0 Å². The van der Waals surface area contributed by atoms with Gasteiger partial charge in [0, 0.05) is 17.9 Å². The lowest BCUT2D eigenvalue weighted by Crippen LogP contribution is -2.19. The molecule has 3 heteroatoms. The Bertz CT molecular complexity index is 385. The van der Waals surface area contributed by atoms with Crippen molar-refractivity contribution in [2.24, 2.45) is 0 Å². The van der Waals surface area contributed by atoms with Crippen LogP contribution < -0.4 is 5.32 Å². The van der Waals surface area contributed by atoms with Crippen molar-refractivity contribution < 1.29 is 4.79 Å². The molecule has 15 heavy (non-hydrogen) atoms. The van der Waals surface area contributed by atoms with Gasteiger partial charge in [-0.3, -0.25) is 4.79 Å². The lowest BCUT2D eigenvalue weighted by atomic mass is 10.1. The van der Waals surface area contributed by atoms with Gasteiger partial charge in [0.15, 0.2) is 0 Å². The highest BCUT2D eigenvalue weighted by molar-refractivity contribution is 9.10. The van der Waals surface area contributed by atoms with Gasteiger partial charge in [-0.2, -0.15) is 0 Å². The van der Waals surface area contributed by atoms with Crippen molar-refractivity contribution in [2.75, 3.05) is 6.54 Å². The van der Waals surface area contributed by atoms with Crippen LogP contribution in [0.3, 0.4) is 0 Å². The van der Waals surface area contributed by atoms with Crippen LogP contribution in [0.15, 0.2) is 28.7 Å². The average molecular weight is 268 g/mol. The normalized spacial score (nSPS) is 10.6. The van der Waals surface area contributed by atoms with Crippen LogP contribution in [-0.4, -0.2) is 12.5 Å². The molecule has 0 aliphatic heterocycles. The molecule has 0 spiro atoms. The zero-order valence-electron chi connectivity index (χ0n) is 8.88. The SMILES string of the molecule is CC(=O)NCC=Cc1ccc(Br)c(C)c1. The minimum absolute atomic E-state index is 0.00774. The first-order valence-electron chi connectivity index (χ1n) is 4.76. The standard InChI is InChI=1S/C12H14BrNO/c1-9-8-11(5-6-12(9)13)4-3-7-14-10(2)15/h3-6,8H,7H2,1-2H3,(H,14,15). The van der Waals surface area contributed by atoms with Crippen molar-refractivity contribution in [2.45, 2.75) is 13.8 Å². The number of rotatable bonds is 3. The third kappa shape index (κ3) is 4.30. The molecule has 0 saturated carbocycles. The fourth-order valence-corrected chi connectivity index (χ4v) is 1.42. The molecule has 0 radical (unpaired) electrons. The molecule has 1 N–H and O–H groups in total. The van der Waals surface area contributed by atoms with Gasteiger partial charge in [-0.1, -0.05) is 40.2 Å². The Hall–Kier alpha value is -1.09. The van der Waals surface area contributed by atoms with Gasteiger partial charge in [-0.15, -0.1) is 0 Å². The molecule has 0 fully saturated rings. The summed E-state index contributed by atoms with van der Waals surface area (Å²) in [5.41, 5.74) is 2.35. The molecule has 0 unspecified atom stereocenters. The molecule has 1 aromatic rings. The molecular formula is C12H14BrNO. The Morgan fingerprint density at radius 1 is 1.53 bits per heavy atom. The van der Waals surface area contributed by atoms with Crippen molar-refractivity contribution in [1.82, 2.24) is 5.32 Å². The van der Waals surface area contributed by atoms with E-state index in [1.165, 1.54) is 12.5 Å². The maximum absolute atomic E-state index is 10.6.